The summed E-state index contributed by atoms with van der Waals surface area (Å²) in [7, 11) is 0. The topological polar surface area (TPSA) is 72.2 Å². The van der Waals surface area contributed by atoms with Gasteiger partial charge in [-0.1, -0.05) is 6.07 Å². The van der Waals surface area contributed by atoms with Crippen LogP contribution in [-0.2, 0) is 0 Å². The fourth-order valence-corrected chi connectivity index (χ4v) is 3.29. The van der Waals surface area contributed by atoms with Crippen LogP contribution < -0.4 is 5.32 Å². The van der Waals surface area contributed by atoms with Crippen LogP contribution in [0.4, 0.5) is 0 Å². The molecule has 0 aromatic carbocycles. The van der Waals surface area contributed by atoms with Gasteiger partial charge in [0.2, 0.25) is 0 Å². The van der Waals surface area contributed by atoms with Crippen LogP contribution in [0.2, 0.25) is 0 Å². The van der Waals surface area contributed by atoms with E-state index >= 15 is 0 Å². The van der Waals surface area contributed by atoms with Gasteiger partial charge in [-0.2, -0.15) is 5.10 Å². The molecule has 0 spiro atoms. The summed E-state index contributed by atoms with van der Waals surface area (Å²) in [6.07, 6.45) is 5.75. The summed E-state index contributed by atoms with van der Waals surface area (Å²) in [6, 6.07) is 5.90. The summed E-state index contributed by atoms with van der Waals surface area (Å²) in [5, 5.41) is 7.78. The zero-order valence-electron chi connectivity index (χ0n) is 15.6. The summed E-state index contributed by atoms with van der Waals surface area (Å²) in [6.45, 7) is 8.12. The maximum absolute atomic E-state index is 12.8. The summed E-state index contributed by atoms with van der Waals surface area (Å²) in [4.78, 5) is 21.7. The Bertz CT molecular complexity index is 983. The number of carbonyl (C=O) groups excluding carboxylic acids is 1. The van der Waals surface area contributed by atoms with E-state index in [1.165, 1.54) is 12.8 Å². The molecule has 6 heteroatoms. The second-order valence-corrected chi connectivity index (χ2v) is 7.76. The van der Waals surface area contributed by atoms with Crippen molar-refractivity contribution in [3.05, 3.63) is 47.4 Å². The molecule has 1 aliphatic carbocycles. The molecule has 3 aromatic heterocycles. The number of nitrogens with one attached hydrogen (secondary N) is 1. The number of pyridine rings is 1. The molecule has 1 aliphatic rings. The number of carbonyl (C=O) groups is 1. The minimum atomic E-state index is -0.216. The molecule has 1 saturated carbocycles. The van der Waals surface area contributed by atoms with Gasteiger partial charge in [-0.25, -0.2) is 9.50 Å². The number of aryl methyl sites for hydroxylation is 2. The molecular formula is C20H23N5O. The Kier molecular flexibility index (Phi) is 3.79. The van der Waals surface area contributed by atoms with E-state index in [1.54, 1.807) is 10.7 Å². The summed E-state index contributed by atoms with van der Waals surface area (Å²) >= 11 is 0. The van der Waals surface area contributed by atoms with Gasteiger partial charge in [0.15, 0.2) is 11.3 Å². The lowest BCUT2D eigenvalue weighted by Crippen LogP contribution is -2.45. The van der Waals surface area contributed by atoms with Crippen molar-refractivity contribution in [1.29, 1.82) is 0 Å². The summed E-state index contributed by atoms with van der Waals surface area (Å²) < 4.78 is 1.63. The SMILES string of the molecule is Cc1ccc(-c2cc(C)c3ncc(C(=O)NC(C)(C)C4CC4)n3n2)nc1. The average Bonchev–Trinajstić information content (AvgIpc) is 3.36. The third kappa shape index (κ3) is 2.96. The minimum absolute atomic E-state index is 0.143. The molecular weight excluding hydrogens is 326 g/mol. The van der Waals surface area contributed by atoms with Gasteiger partial charge in [0, 0.05) is 11.7 Å². The monoisotopic (exact) mass is 349 g/mol. The van der Waals surface area contributed by atoms with Crippen molar-refractivity contribution >= 4 is 11.6 Å². The number of nitrogens with zero attached hydrogens (tertiary/aromatic N) is 4. The molecule has 0 bridgehead atoms. The number of imidazole rings is 1. The van der Waals surface area contributed by atoms with E-state index in [0.717, 1.165) is 22.5 Å². The van der Waals surface area contributed by atoms with E-state index in [9.17, 15) is 4.79 Å². The highest BCUT2D eigenvalue weighted by Gasteiger charge is 2.39. The number of hydrogen-bond donors (Lipinski definition) is 1. The van der Waals surface area contributed by atoms with Gasteiger partial charge in [0.05, 0.1) is 11.9 Å². The minimum Gasteiger partial charge on any atom is -0.345 e. The standard InChI is InChI=1S/C20H23N5O/c1-12-5-8-15(21-10-12)16-9-13(2)18-22-11-17(25(18)24-16)19(26)23-20(3,4)14-6-7-14/h5,8-11,14H,6-7H2,1-4H3,(H,23,26). The predicted octanol–water partition coefficient (Wildman–Crippen LogP) is 3.33. The van der Waals surface area contributed by atoms with Crippen LogP contribution in [0.25, 0.3) is 17.0 Å². The lowest BCUT2D eigenvalue weighted by molar-refractivity contribution is 0.0896. The highest BCUT2D eigenvalue weighted by Crippen LogP contribution is 2.39. The molecule has 6 nitrogen and oxygen atoms in total. The van der Waals surface area contributed by atoms with Gasteiger partial charge in [-0.3, -0.25) is 9.78 Å². The van der Waals surface area contributed by atoms with Crippen molar-refractivity contribution in [2.45, 2.75) is 46.1 Å². The quantitative estimate of drug-likeness (QED) is 0.784. The van der Waals surface area contributed by atoms with Gasteiger partial charge >= 0.3 is 0 Å². The van der Waals surface area contributed by atoms with Crippen molar-refractivity contribution in [3.8, 4) is 11.4 Å². The third-order valence-corrected chi connectivity index (χ3v) is 5.09. The zero-order chi connectivity index (χ0) is 18.5. The van der Waals surface area contributed by atoms with E-state index in [2.05, 4.69) is 34.2 Å². The first-order chi connectivity index (χ1) is 12.3. The van der Waals surface area contributed by atoms with Crippen molar-refractivity contribution < 1.29 is 4.79 Å². The third-order valence-electron chi connectivity index (χ3n) is 5.09. The molecule has 0 atom stereocenters. The molecule has 4 rings (SSSR count). The van der Waals surface area contributed by atoms with Crippen molar-refractivity contribution in [3.63, 3.8) is 0 Å². The average molecular weight is 349 g/mol. The Balaban J connectivity index is 1.74. The van der Waals surface area contributed by atoms with Crippen LogP contribution in [0, 0.1) is 19.8 Å². The normalized spacial score (nSPS) is 14.6. The Hall–Kier alpha value is -2.76. The lowest BCUT2D eigenvalue weighted by atomic mass is 9.98. The van der Waals surface area contributed by atoms with Crippen LogP contribution in [0.1, 0.15) is 48.3 Å². The number of hydrogen-bond acceptors (Lipinski definition) is 4. The number of rotatable bonds is 4. The van der Waals surface area contributed by atoms with Crippen LogP contribution in [-0.4, -0.2) is 31.0 Å². The summed E-state index contributed by atoms with van der Waals surface area (Å²) in [5.74, 6) is 0.406. The van der Waals surface area contributed by atoms with Gasteiger partial charge in [0.1, 0.15) is 5.69 Å². The molecule has 0 radical (unpaired) electrons. The van der Waals surface area contributed by atoms with Crippen LogP contribution in [0.3, 0.4) is 0 Å². The van der Waals surface area contributed by atoms with E-state index in [1.807, 2.05) is 38.2 Å². The second kappa shape index (κ2) is 5.90. The molecule has 3 aromatic rings. The van der Waals surface area contributed by atoms with Crippen LogP contribution >= 0.6 is 0 Å². The number of amides is 1. The molecule has 1 amide bonds. The van der Waals surface area contributed by atoms with E-state index in [-0.39, 0.29) is 11.4 Å². The zero-order valence-corrected chi connectivity index (χ0v) is 15.6. The molecule has 0 unspecified atom stereocenters. The fourth-order valence-electron chi connectivity index (χ4n) is 3.29. The van der Waals surface area contributed by atoms with E-state index in [0.29, 0.717) is 17.3 Å². The maximum Gasteiger partial charge on any atom is 0.272 e. The molecule has 134 valence electrons. The largest absolute Gasteiger partial charge is 0.345 e. The predicted molar refractivity (Wildman–Crippen MR) is 100.0 cm³/mol. The van der Waals surface area contributed by atoms with Crippen molar-refractivity contribution in [1.82, 2.24) is 24.9 Å². The van der Waals surface area contributed by atoms with E-state index < -0.39 is 0 Å². The Morgan fingerprint density at radius 1 is 1.15 bits per heavy atom. The molecule has 3 heterocycles. The highest BCUT2D eigenvalue weighted by molar-refractivity contribution is 5.93. The summed E-state index contributed by atoms with van der Waals surface area (Å²) in [5.41, 5.74) is 4.48. The van der Waals surface area contributed by atoms with Crippen molar-refractivity contribution in [2.24, 2.45) is 5.92 Å². The fraction of sp³-hybridized carbons (Fsp3) is 0.400. The van der Waals surface area contributed by atoms with Gasteiger partial charge < -0.3 is 5.32 Å². The lowest BCUT2D eigenvalue weighted by Gasteiger charge is -2.25. The second-order valence-electron chi connectivity index (χ2n) is 7.76. The van der Waals surface area contributed by atoms with Crippen LogP contribution in [0.5, 0.6) is 0 Å². The number of fused-ring (bicyclic) bond motifs is 1. The first-order valence-electron chi connectivity index (χ1n) is 8.96. The molecule has 0 saturated heterocycles. The smallest absolute Gasteiger partial charge is 0.272 e. The molecule has 26 heavy (non-hydrogen) atoms. The first kappa shape index (κ1) is 16.7. The molecule has 1 fully saturated rings. The van der Waals surface area contributed by atoms with Gasteiger partial charge in [0.25, 0.3) is 5.91 Å². The van der Waals surface area contributed by atoms with Crippen LogP contribution in [0.15, 0.2) is 30.6 Å². The highest BCUT2D eigenvalue weighted by atomic mass is 16.2. The number of aromatic nitrogens is 4. The first-order valence-corrected chi connectivity index (χ1v) is 8.96. The maximum atomic E-state index is 12.8. The Morgan fingerprint density at radius 2 is 1.92 bits per heavy atom. The molecule has 1 N–H and O–H groups in total. The molecule has 0 aliphatic heterocycles. The van der Waals surface area contributed by atoms with Crippen molar-refractivity contribution in [2.75, 3.05) is 0 Å². The van der Waals surface area contributed by atoms with E-state index in [4.69, 9.17) is 0 Å². The Morgan fingerprint density at radius 3 is 2.58 bits per heavy atom. The van der Waals surface area contributed by atoms with Gasteiger partial charge in [-0.05, 0) is 69.7 Å². The van der Waals surface area contributed by atoms with Gasteiger partial charge in [-0.15, -0.1) is 0 Å². The Labute approximate surface area is 152 Å².